The van der Waals surface area contributed by atoms with Gasteiger partial charge >= 0.3 is 0 Å². The Morgan fingerprint density at radius 1 is 1.27 bits per heavy atom. The van der Waals surface area contributed by atoms with Crippen molar-refractivity contribution in [2.24, 2.45) is 5.10 Å². The summed E-state index contributed by atoms with van der Waals surface area (Å²) in [5.41, 5.74) is 1.83. The summed E-state index contributed by atoms with van der Waals surface area (Å²) in [6.07, 6.45) is 7.45. The Bertz CT molecular complexity index is 1030. The molecule has 4 nitrogen and oxygen atoms in total. The summed E-state index contributed by atoms with van der Waals surface area (Å²) < 4.78 is 14.5. The highest BCUT2D eigenvalue weighted by Gasteiger charge is 2.21. The number of thiophene rings is 1. The first kappa shape index (κ1) is 17.1. The molecule has 2 heterocycles. The fourth-order valence-corrected chi connectivity index (χ4v) is 4.69. The third-order valence-electron chi connectivity index (χ3n) is 4.70. The monoisotopic (exact) mass is 369 g/mol. The molecule has 0 spiro atoms. The maximum atomic E-state index is 13.2. The Hall–Kier alpha value is -2.34. The predicted octanol–water partition coefficient (Wildman–Crippen LogP) is 4.31. The van der Waals surface area contributed by atoms with E-state index in [-0.39, 0.29) is 11.4 Å². The molecule has 6 heteroatoms. The standard InChI is InChI=1S/C20H20FN3OS/c1-2-5-17-23-19-18(15-6-3-4-7-16(15)26-19)20(25)24(17)22-12-13-8-10-14(21)11-9-13/h8-12H,2-7H2,1H3/b22-12-. The van der Waals surface area contributed by atoms with Crippen LogP contribution in [-0.4, -0.2) is 15.9 Å². The van der Waals surface area contributed by atoms with E-state index in [0.717, 1.165) is 41.5 Å². The summed E-state index contributed by atoms with van der Waals surface area (Å²) >= 11 is 1.66. The van der Waals surface area contributed by atoms with Gasteiger partial charge in [-0.3, -0.25) is 4.79 Å². The van der Waals surface area contributed by atoms with Gasteiger partial charge in [-0.15, -0.1) is 11.3 Å². The average molecular weight is 369 g/mol. The third kappa shape index (κ3) is 3.09. The Kier molecular flexibility index (Phi) is 4.68. The van der Waals surface area contributed by atoms with Gasteiger partial charge in [-0.05, 0) is 55.4 Å². The van der Waals surface area contributed by atoms with Crippen LogP contribution in [0.3, 0.4) is 0 Å². The van der Waals surface area contributed by atoms with Gasteiger partial charge in [0.05, 0.1) is 11.6 Å². The molecule has 0 aliphatic heterocycles. The van der Waals surface area contributed by atoms with E-state index in [9.17, 15) is 9.18 Å². The highest BCUT2D eigenvalue weighted by atomic mass is 32.1. The number of hydrogen-bond acceptors (Lipinski definition) is 4. The van der Waals surface area contributed by atoms with Crippen molar-refractivity contribution in [2.75, 3.05) is 0 Å². The zero-order valence-electron chi connectivity index (χ0n) is 14.7. The van der Waals surface area contributed by atoms with Gasteiger partial charge in [-0.1, -0.05) is 19.1 Å². The first-order valence-corrected chi connectivity index (χ1v) is 9.85. The van der Waals surface area contributed by atoms with Gasteiger partial charge in [0.2, 0.25) is 0 Å². The van der Waals surface area contributed by atoms with Crippen molar-refractivity contribution in [3.8, 4) is 0 Å². The summed E-state index contributed by atoms with van der Waals surface area (Å²) in [5.74, 6) is 0.390. The summed E-state index contributed by atoms with van der Waals surface area (Å²) in [4.78, 5) is 20.1. The number of hydrogen-bond donors (Lipinski definition) is 0. The molecule has 26 heavy (non-hydrogen) atoms. The number of aryl methyl sites for hydroxylation is 3. The highest BCUT2D eigenvalue weighted by molar-refractivity contribution is 7.18. The lowest BCUT2D eigenvalue weighted by atomic mass is 9.97. The van der Waals surface area contributed by atoms with Gasteiger partial charge in [0.1, 0.15) is 16.5 Å². The molecule has 0 fully saturated rings. The quantitative estimate of drug-likeness (QED) is 0.643. The predicted molar refractivity (Wildman–Crippen MR) is 104 cm³/mol. The SMILES string of the molecule is CCCc1nc2sc3c(c2c(=O)n1/N=C\c1ccc(F)cc1)CCCC3. The number of rotatable bonds is 4. The molecule has 0 radical (unpaired) electrons. The summed E-state index contributed by atoms with van der Waals surface area (Å²) in [6.45, 7) is 2.06. The van der Waals surface area contributed by atoms with Crippen molar-refractivity contribution in [1.82, 2.24) is 9.66 Å². The van der Waals surface area contributed by atoms with Gasteiger partial charge in [-0.2, -0.15) is 9.78 Å². The second-order valence-corrected chi connectivity index (χ2v) is 7.67. The lowest BCUT2D eigenvalue weighted by Crippen LogP contribution is -2.22. The van der Waals surface area contributed by atoms with Crippen LogP contribution in [0.15, 0.2) is 34.2 Å². The molecule has 0 atom stereocenters. The number of nitrogens with zero attached hydrogens (tertiary/aromatic N) is 3. The van der Waals surface area contributed by atoms with E-state index in [4.69, 9.17) is 4.98 Å². The Labute approximate surface area is 155 Å². The molecule has 0 bridgehead atoms. The van der Waals surface area contributed by atoms with Crippen molar-refractivity contribution in [3.05, 3.63) is 62.3 Å². The number of benzene rings is 1. The number of halogens is 1. The topological polar surface area (TPSA) is 47.2 Å². The third-order valence-corrected chi connectivity index (χ3v) is 5.89. The molecule has 0 unspecified atom stereocenters. The van der Waals surface area contributed by atoms with Crippen LogP contribution in [0, 0.1) is 5.82 Å². The zero-order chi connectivity index (χ0) is 18.1. The molecule has 1 aliphatic rings. The fourth-order valence-electron chi connectivity index (χ4n) is 3.42. The molecule has 1 aromatic carbocycles. The van der Waals surface area contributed by atoms with Crippen molar-refractivity contribution in [1.29, 1.82) is 0 Å². The Morgan fingerprint density at radius 2 is 2.04 bits per heavy atom. The first-order valence-electron chi connectivity index (χ1n) is 9.03. The van der Waals surface area contributed by atoms with E-state index in [1.807, 2.05) is 0 Å². The smallest absolute Gasteiger partial charge is 0.267 e. The Morgan fingerprint density at radius 3 is 2.81 bits per heavy atom. The minimum absolute atomic E-state index is 0.0868. The number of fused-ring (bicyclic) bond motifs is 3. The molecule has 0 saturated carbocycles. The first-order chi connectivity index (χ1) is 12.7. The van der Waals surface area contributed by atoms with Crippen molar-refractivity contribution < 1.29 is 4.39 Å². The minimum Gasteiger partial charge on any atom is -0.267 e. The van der Waals surface area contributed by atoms with Crippen molar-refractivity contribution >= 4 is 27.8 Å². The van der Waals surface area contributed by atoms with Gasteiger partial charge < -0.3 is 0 Å². The van der Waals surface area contributed by atoms with Gasteiger partial charge in [-0.25, -0.2) is 9.37 Å². The fraction of sp³-hybridized carbons (Fsp3) is 0.350. The molecular weight excluding hydrogens is 349 g/mol. The zero-order valence-corrected chi connectivity index (χ0v) is 15.5. The molecule has 0 saturated heterocycles. The summed E-state index contributed by atoms with van der Waals surface area (Å²) in [6, 6.07) is 6.05. The van der Waals surface area contributed by atoms with Crippen LogP contribution in [0.1, 0.15) is 48.0 Å². The van der Waals surface area contributed by atoms with Crippen LogP contribution < -0.4 is 5.56 Å². The van der Waals surface area contributed by atoms with Crippen LogP contribution >= 0.6 is 11.3 Å². The van der Waals surface area contributed by atoms with Crippen LogP contribution in [0.25, 0.3) is 10.2 Å². The summed E-state index contributed by atoms with van der Waals surface area (Å²) in [7, 11) is 0. The lowest BCUT2D eigenvalue weighted by Gasteiger charge is -2.10. The van der Waals surface area contributed by atoms with Crippen LogP contribution in [0.4, 0.5) is 4.39 Å². The van der Waals surface area contributed by atoms with E-state index in [1.54, 1.807) is 29.7 Å². The van der Waals surface area contributed by atoms with E-state index in [2.05, 4.69) is 12.0 Å². The highest BCUT2D eigenvalue weighted by Crippen LogP contribution is 2.33. The molecular formula is C20H20FN3OS. The van der Waals surface area contributed by atoms with Crippen LogP contribution in [0.2, 0.25) is 0 Å². The van der Waals surface area contributed by atoms with E-state index < -0.39 is 0 Å². The molecule has 134 valence electrons. The lowest BCUT2D eigenvalue weighted by molar-refractivity contribution is 0.628. The van der Waals surface area contributed by atoms with E-state index in [1.165, 1.54) is 33.7 Å². The molecule has 0 amide bonds. The molecule has 2 aromatic heterocycles. The largest absolute Gasteiger partial charge is 0.283 e. The average Bonchev–Trinajstić information content (AvgIpc) is 3.01. The van der Waals surface area contributed by atoms with Gasteiger partial charge in [0, 0.05) is 11.3 Å². The second-order valence-electron chi connectivity index (χ2n) is 6.58. The maximum Gasteiger partial charge on any atom is 0.283 e. The van der Waals surface area contributed by atoms with Gasteiger partial charge in [0.15, 0.2) is 0 Å². The molecule has 0 N–H and O–H groups in total. The maximum absolute atomic E-state index is 13.2. The van der Waals surface area contributed by atoms with Crippen molar-refractivity contribution in [3.63, 3.8) is 0 Å². The van der Waals surface area contributed by atoms with Gasteiger partial charge in [0.25, 0.3) is 5.56 Å². The normalized spacial score (nSPS) is 14.2. The second kappa shape index (κ2) is 7.11. The van der Waals surface area contributed by atoms with E-state index >= 15 is 0 Å². The van der Waals surface area contributed by atoms with Crippen LogP contribution in [0.5, 0.6) is 0 Å². The molecule has 4 rings (SSSR count). The van der Waals surface area contributed by atoms with Crippen molar-refractivity contribution in [2.45, 2.75) is 45.4 Å². The minimum atomic E-state index is -0.293. The Balaban J connectivity index is 1.86. The molecule has 1 aliphatic carbocycles. The summed E-state index contributed by atoms with van der Waals surface area (Å²) in [5, 5.41) is 5.14. The van der Waals surface area contributed by atoms with E-state index in [0.29, 0.717) is 12.2 Å². The van der Waals surface area contributed by atoms with Crippen LogP contribution in [-0.2, 0) is 19.3 Å². The molecule has 3 aromatic rings. The number of aromatic nitrogens is 2.